The highest BCUT2D eigenvalue weighted by Crippen LogP contribution is 2.23. The molecule has 0 saturated heterocycles. The minimum atomic E-state index is -0.251. The van der Waals surface area contributed by atoms with Crippen LogP contribution in [-0.2, 0) is 0 Å². The number of hydrogen-bond acceptors (Lipinski definition) is 2. The molecule has 2 rings (SSSR count). The van der Waals surface area contributed by atoms with Crippen molar-refractivity contribution in [3.63, 3.8) is 0 Å². The van der Waals surface area contributed by atoms with Gasteiger partial charge in [0.15, 0.2) is 0 Å². The molecule has 0 fully saturated rings. The monoisotopic (exact) mass is 388 g/mol. The molecule has 0 unspecified atom stereocenters. The normalized spacial score (nSPS) is 10.2. The van der Waals surface area contributed by atoms with Crippen LogP contribution in [0.4, 0.5) is 5.82 Å². The molecule has 0 saturated carbocycles. The van der Waals surface area contributed by atoms with Crippen LogP contribution in [0.3, 0.4) is 0 Å². The van der Waals surface area contributed by atoms with Crippen molar-refractivity contribution in [3.05, 3.63) is 56.1 Å². The average molecular weight is 390 g/mol. The minimum absolute atomic E-state index is 0.251. The summed E-state index contributed by atoms with van der Waals surface area (Å²) in [5.41, 5.74) is 0.480. The lowest BCUT2D eigenvalue weighted by molar-refractivity contribution is 0.102. The number of pyridine rings is 1. The Kier molecular flexibility index (Phi) is 4.37. The zero-order valence-corrected chi connectivity index (χ0v) is 12.9. The van der Waals surface area contributed by atoms with Gasteiger partial charge in [0.25, 0.3) is 5.91 Å². The third-order valence-electron chi connectivity index (χ3n) is 2.15. The fraction of sp³-hybridized carbons (Fsp3) is 0. The van der Waals surface area contributed by atoms with Crippen molar-refractivity contribution in [3.8, 4) is 0 Å². The van der Waals surface area contributed by atoms with Gasteiger partial charge in [0, 0.05) is 20.7 Å². The van der Waals surface area contributed by atoms with Crippen LogP contribution in [0.25, 0.3) is 0 Å². The van der Waals surface area contributed by atoms with Crippen molar-refractivity contribution in [1.82, 2.24) is 4.98 Å². The molecule has 1 aromatic carbocycles. The van der Waals surface area contributed by atoms with E-state index in [-0.39, 0.29) is 5.91 Å². The SMILES string of the molecule is O=C(Nc1ccc(Br)cn1)c1ccc(Br)c(Cl)c1. The van der Waals surface area contributed by atoms with Gasteiger partial charge in [-0.3, -0.25) is 4.79 Å². The van der Waals surface area contributed by atoms with Crippen LogP contribution in [0.5, 0.6) is 0 Å². The molecule has 1 heterocycles. The van der Waals surface area contributed by atoms with E-state index >= 15 is 0 Å². The molecule has 1 amide bonds. The number of anilines is 1. The summed E-state index contributed by atoms with van der Waals surface area (Å²) in [7, 11) is 0. The Morgan fingerprint density at radius 3 is 2.61 bits per heavy atom. The maximum absolute atomic E-state index is 11.9. The van der Waals surface area contributed by atoms with E-state index < -0.39 is 0 Å². The summed E-state index contributed by atoms with van der Waals surface area (Å²) in [6.07, 6.45) is 1.62. The quantitative estimate of drug-likeness (QED) is 0.820. The second-order valence-electron chi connectivity index (χ2n) is 3.44. The fourth-order valence-electron chi connectivity index (χ4n) is 1.28. The first-order chi connectivity index (χ1) is 8.56. The highest BCUT2D eigenvalue weighted by atomic mass is 79.9. The molecule has 1 N–H and O–H groups in total. The molecule has 0 aliphatic rings. The Balaban J connectivity index is 2.16. The van der Waals surface area contributed by atoms with Crippen molar-refractivity contribution >= 4 is 55.2 Å². The Morgan fingerprint density at radius 1 is 1.22 bits per heavy atom. The molecule has 2 aromatic rings. The lowest BCUT2D eigenvalue weighted by Crippen LogP contribution is -2.12. The van der Waals surface area contributed by atoms with Crippen LogP contribution in [0, 0.1) is 0 Å². The predicted octanol–water partition coefficient (Wildman–Crippen LogP) is 4.51. The number of nitrogens with zero attached hydrogens (tertiary/aromatic N) is 1. The Morgan fingerprint density at radius 2 is 2.00 bits per heavy atom. The van der Waals surface area contributed by atoms with Crippen molar-refractivity contribution in [1.29, 1.82) is 0 Å². The number of halogens is 3. The van der Waals surface area contributed by atoms with E-state index in [2.05, 4.69) is 42.2 Å². The van der Waals surface area contributed by atoms with Crippen molar-refractivity contribution in [2.24, 2.45) is 0 Å². The minimum Gasteiger partial charge on any atom is -0.307 e. The van der Waals surface area contributed by atoms with Crippen LogP contribution < -0.4 is 5.32 Å². The summed E-state index contributed by atoms with van der Waals surface area (Å²) in [6, 6.07) is 8.52. The van der Waals surface area contributed by atoms with Gasteiger partial charge >= 0.3 is 0 Å². The molecule has 0 atom stereocenters. The summed E-state index contributed by atoms with van der Waals surface area (Å²) in [5.74, 6) is 0.237. The van der Waals surface area contributed by atoms with E-state index in [0.29, 0.717) is 16.4 Å². The molecule has 0 spiro atoms. The summed E-state index contributed by atoms with van der Waals surface area (Å²) in [5, 5.41) is 3.18. The zero-order valence-electron chi connectivity index (χ0n) is 8.95. The van der Waals surface area contributed by atoms with Gasteiger partial charge in [0.2, 0.25) is 0 Å². The first-order valence-electron chi connectivity index (χ1n) is 4.94. The number of carbonyl (C=O) groups excluding carboxylic acids is 1. The van der Waals surface area contributed by atoms with Gasteiger partial charge in [-0.1, -0.05) is 11.6 Å². The first kappa shape index (κ1) is 13.5. The number of amides is 1. The van der Waals surface area contributed by atoms with Crippen molar-refractivity contribution in [2.45, 2.75) is 0 Å². The number of rotatable bonds is 2. The molecular weight excluding hydrogens is 383 g/mol. The number of hydrogen-bond donors (Lipinski definition) is 1. The maximum Gasteiger partial charge on any atom is 0.256 e. The first-order valence-corrected chi connectivity index (χ1v) is 6.90. The lowest BCUT2D eigenvalue weighted by Gasteiger charge is -2.05. The number of nitrogens with one attached hydrogen (secondary N) is 1. The van der Waals surface area contributed by atoms with Crippen LogP contribution in [-0.4, -0.2) is 10.9 Å². The molecule has 6 heteroatoms. The van der Waals surface area contributed by atoms with E-state index in [1.165, 1.54) is 0 Å². The van der Waals surface area contributed by atoms with Crippen molar-refractivity contribution in [2.75, 3.05) is 5.32 Å². The molecule has 0 aliphatic carbocycles. The Hall–Kier alpha value is -0.910. The van der Waals surface area contributed by atoms with Gasteiger partial charge in [0.05, 0.1) is 5.02 Å². The van der Waals surface area contributed by atoms with Gasteiger partial charge in [-0.2, -0.15) is 0 Å². The zero-order chi connectivity index (χ0) is 13.1. The van der Waals surface area contributed by atoms with Gasteiger partial charge in [0.1, 0.15) is 5.82 Å². The highest BCUT2D eigenvalue weighted by molar-refractivity contribution is 9.10. The molecule has 1 aromatic heterocycles. The van der Waals surface area contributed by atoms with Gasteiger partial charge < -0.3 is 5.32 Å². The average Bonchev–Trinajstić information content (AvgIpc) is 2.35. The molecule has 0 bridgehead atoms. The summed E-state index contributed by atoms with van der Waals surface area (Å²) >= 11 is 12.5. The van der Waals surface area contributed by atoms with Crippen LogP contribution in [0.1, 0.15) is 10.4 Å². The third kappa shape index (κ3) is 3.31. The number of aromatic nitrogens is 1. The standard InChI is InChI=1S/C12H7Br2ClN2O/c13-8-2-4-11(16-6-8)17-12(18)7-1-3-9(14)10(15)5-7/h1-6H,(H,16,17,18). The van der Waals surface area contributed by atoms with Crippen LogP contribution >= 0.6 is 43.5 Å². The van der Waals surface area contributed by atoms with E-state index in [9.17, 15) is 4.79 Å². The second-order valence-corrected chi connectivity index (χ2v) is 5.62. The van der Waals surface area contributed by atoms with Gasteiger partial charge in [-0.15, -0.1) is 0 Å². The topological polar surface area (TPSA) is 42.0 Å². The molecule has 92 valence electrons. The molecule has 0 aliphatic heterocycles. The molecular formula is C12H7Br2ClN2O. The summed E-state index contributed by atoms with van der Waals surface area (Å²) < 4.78 is 1.61. The smallest absolute Gasteiger partial charge is 0.256 e. The van der Waals surface area contributed by atoms with E-state index in [1.54, 1.807) is 36.5 Å². The molecule has 18 heavy (non-hydrogen) atoms. The summed E-state index contributed by atoms with van der Waals surface area (Å²) in [4.78, 5) is 16.0. The second kappa shape index (κ2) is 5.82. The van der Waals surface area contributed by atoms with E-state index in [0.717, 1.165) is 8.95 Å². The van der Waals surface area contributed by atoms with Gasteiger partial charge in [-0.05, 0) is 62.2 Å². The Labute approximate surface area is 126 Å². The molecule has 0 radical (unpaired) electrons. The largest absolute Gasteiger partial charge is 0.307 e. The summed E-state index contributed by atoms with van der Waals surface area (Å²) in [6.45, 7) is 0. The molecule has 3 nitrogen and oxygen atoms in total. The van der Waals surface area contributed by atoms with Crippen LogP contribution in [0.15, 0.2) is 45.5 Å². The number of carbonyl (C=O) groups is 1. The highest BCUT2D eigenvalue weighted by Gasteiger charge is 2.08. The van der Waals surface area contributed by atoms with E-state index in [4.69, 9.17) is 11.6 Å². The van der Waals surface area contributed by atoms with Gasteiger partial charge in [-0.25, -0.2) is 4.98 Å². The van der Waals surface area contributed by atoms with Crippen molar-refractivity contribution < 1.29 is 4.79 Å². The third-order valence-corrected chi connectivity index (χ3v) is 3.85. The fourth-order valence-corrected chi connectivity index (χ4v) is 1.94. The lowest BCUT2D eigenvalue weighted by atomic mass is 10.2. The maximum atomic E-state index is 11.9. The van der Waals surface area contributed by atoms with Crippen LogP contribution in [0.2, 0.25) is 5.02 Å². The number of benzene rings is 1. The van der Waals surface area contributed by atoms with E-state index in [1.807, 2.05) is 0 Å². The predicted molar refractivity (Wildman–Crippen MR) is 79.0 cm³/mol. The Bertz CT molecular complexity index is 587.